The summed E-state index contributed by atoms with van der Waals surface area (Å²) >= 11 is 0. The summed E-state index contributed by atoms with van der Waals surface area (Å²) in [5.74, 6) is -0.667. The normalized spacial score (nSPS) is 5.50. The number of nitrogens with two attached hydrogens (primary N) is 4. The van der Waals surface area contributed by atoms with Gasteiger partial charge in [0.2, 0.25) is 0 Å². The van der Waals surface area contributed by atoms with Crippen LogP contribution in [-0.2, 0) is 0 Å². The summed E-state index contributed by atoms with van der Waals surface area (Å²) in [6.07, 6.45) is 0. The van der Waals surface area contributed by atoms with Crippen LogP contribution in [0.15, 0.2) is 0 Å². The second-order valence-electron chi connectivity index (χ2n) is 1.23. The van der Waals surface area contributed by atoms with Crippen LogP contribution < -0.4 is 22.9 Å². The van der Waals surface area contributed by atoms with Crippen molar-refractivity contribution >= 4 is 24.3 Å². The summed E-state index contributed by atoms with van der Waals surface area (Å²) in [7, 11) is 0. The Balaban J connectivity index is -0.0000000389. The lowest BCUT2D eigenvalue weighted by atomic mass is 10.9. The minimum absolute atomic E-state index is 0. The van der Waals surface area contributed by atoms with Crippen molar-refractivity contribution < 1.29 is 5.11 Å². The molecule has 8 heteroatoms. The average Bonchev–Trinajstić information content (AvgIpc) is 1.60. The molecule has 7 nitrogen and oxygen atoms in total. The first-order chi connectivity index (χ1) is 4.88. The number of hydrogen-bond donors (Lipinski definition) is 7. The molecule has 0 aliphatic carbocycles. The zero-order valence-electron chi connectivity index (χ0n) is 6.87. The number of halogens is 1. The molecule has 0 rings (SSSR count). The molecule has 0 aromatic carbocycles. The van der Waals surface area contributed by atoms with Crippen molar-refractivity contribution in [2.24, 2.45) is 22.9 Å². The van der Waals surface area contributed by atoms with Crippen molar-refractivity contribution in [1.82, 2.24) is 0 Å². The Kier molecular flexibility index (Phi) is 42.2. The van der Waals surface area contributed by atoms with Crippen molar-refractivity contribution in [1.29, 1.82) is 10.8 Å². The minimum atomic E-state index is -0.333. The fraction of sp³-hybridized carbons (Fsp3) is 0.500. The Bertz CT molecular complexity index is 87.7. The van der Waals surface area contributed by atoms with Crippen LogP contribution in [-0.4, -0.2) is 23.6 Å². The second-order valence-corrected chi connectivity index (χ2v) is 1.23. The lowest BCUT2D eigenvalue weighted by Gasteiger charge is -1.69. The number of nitrogens with one attached hydrogen (secondary N) is 2. The molecule has 0 aromatic rings. The van der Waals surface area contributed by atoms with Crippen LogP contribution in [0, 0.1) is 10.8 Å². The Hall–Kier alpha value is -1.21. The predicted molar refractivity (Wildman–Crippen MR) is 52.2 cm³/mol. The molecule has 0 amide bonds. The fourth-order valence-electron chi connectivity index (χ4n) is 0. The summed E-state index contributed by atoms with van der Waals surface area (Å²) in [5.41, 5.74) is 17.9. The van der Waals surface area contributed by atoms with Gasteiger partial charge in [0.05, 0.1) is 0 Å². The quantitative estimate of drug-likeness (QED) is 0.178. The van der Waals surface area contributed by atoms with Crippen molar-refractivity contribution in [3.63, 3.8) is 0 Å². The zero-order valence-corrected chi connectivity index (χ0v) is 7.69. The molecule has 0 heterocycles. The van der Waals surface area contributed by atoms with E-state index in [0.717, 1.165) is 0 Å². The average molecular weight is 201 g/mol. The highest BCUT2D eigenvalue weighted by Crippen LogP contribution is 1.30. The number of hydrogen-bond acceptors (Lipinski definition) is 3. The first-order valence-electron chi connectivity index (χ1n) is 2.68. The molecule has 11 N–H and O–H groups in total. The highest BCUT2D eigenvalue weighted by molar-refractivity contribution is 5.85. The van der Waals surface area contributed by atoms with Gasteiger partial charge in [-0.05, 0) is 6.92 Å². The zero-order chi connectivity index (χ0) is 9.86. The molecule has 0 spiro atoms. The van der Waals surface area contributed by atoms with Crippen LogP contribution in [0.1, 0.15) is 6.92 Å². The first kappa shape index (κ1) is 22.4. The van der Waals surface area contributed by atoms with Crippen molar-refractivity contribution in [2.75, 3.05) is 6.61 Å². The van der Waals surface area contributed by atoms with Gasteiger partial charge in [0.1, 0.15) is 0 Å². The van der Waals surface area contributed by atoms with E-state index in [4.69, 9.17) is 15.9 Å². The van der Waals surface area contributed by atoms with Gasteiger partial charge in [0.25, 0.3) is 0 Å². The van der Waals surface area contributed by atoms with Crippen LogP contribution in [0.25, 0.3) is 0 Å². The minimum Gasteiger partial charge on any atom is -0.397 e. The van der Waals surface area contributed by atoms with Crippen LogP contribution >= 0.6 is 12.4 Å². The standard InChI is InChI=1S/C2H6O.2CH5N3.ClH/c1-2-3;2*2-1(3)4;/h3H,2H2,1H3;2*(H5,2,3,4);1H. The molecule has 0 aliphatic heterocycles. The summed E-state index contributed by atoms with van der Waals surface area (Å²) in [6.45, 7) is 1.93. The molecule has 12 heavy (non-hydrogen) atoms. The SMILES string of the molecule is CCO.Cl.N=C(N)N.N=C(N)N. The van der Waals surface area contributed by atoms with E-state index in [-0.39, 0.29) is 30.9 Å². The van der Waals surface area contributed by atoms with Gasteiger partial charge in [-0.2, -0.15) is 0 Å². The van der Waals surface area contributed by atoms with Gasteiger partial charge in [-0.25, -0.2) is 0 Å². The van der Waals surface area contributed by atoms with E-state index in [0.29, 0.717) is 0 Å². The highest BCUT2D eigenvalue weighted by Gasteiger charge is 1.52. The van der Waals surface area contributed by atoms with Gasteiger partial charge in [-0.3, -0.25) is 10.8 Å². The van der Waals surface area contributed by atoms with Crippen molar-refractivity contribution in [2.45, 2.75) is 6.92 Å². The van der Waals surface area contributed by atoms with Crippen LogP contribution in [0.2, 0.25) is 0 Å². The maximum Gasteiger partial charge on any atom is 0.183 e. The molecule has 0 aromatic heterocycles. The van der Waals surface area contributed by atoms with Gasteiger partial charge in [0.15, 0.2) is 11.9 Å². The third-order valence-corrected chi connectivity index (χ3v) is 0. The van der Waals surface area contributed by atoms with Gasteiger partial charge in [-0.1, -0.05) is 0 Å². The molecular formula is C4H17ClN6O. The monoisotopic (exact) mass is 200 g/mol. The Morgan fingerprint density at radius 1 is 1.08 bits per heavy atom. The summed E-state index contributed by atoms with van der Waals surface area (Å²) < 4.78 is 0. The molecule has 0 saturated heterocycles. The van der Waals surface area contributed by atoms with E-state index in [1.807, 2.05) is 0 Å². The molecule has 0 bridgehead atoms. The third-order valence-electron chi connectivity index (χ3n) is 0. The Morgan fingerprint density at radius 3 is 1.08 bits per heavy atom. The lowest BCUT2D eigenvalue weighted by Crippen LogP contribution is -2.20. The van der Waals surface area contributed by atoms with Gasteiger partial charge in [0, 0.05) is 6.61 Å². The number of guanidine groups is 2. The van der Waals surface area contributed by atoms with Gasteiger partial charge in [-0.15, -0.1) is 12.4 Å². The predicted octanol–water partition coefficient (Wildman–Crippen LogP) is -1.90. The molecule has 0 fully saturated rings. The third kappa shape index (κ3) is 364. The molecule has 76 valence electrons. The van der Waals surface area contributed by atoms with E-state index in [9.17, 15) is 0 Å². The lowest BCUT2D eigenvalue weighted by molar-refractivity contribution is 0.318. The molecule has 0 unspecified atom stereocenters. The van der Waals surface area contributed by atoms with Crippen molar-refractivity contribution in [3.05, 3.63) is 0 Å². The van der Waals surface area contributed by atoms with E-state index in [1.165, 1.54) is 0 Å². The van der Waals surface area contributed by atoms with Crippen LogP contribution in [0.4, 0.5) is 0 Å². The smallest absolute Gasteiger partial charge is 0.183 e. The molecule has 0 aliphatic rings. The second kappa shape index (κ2) is 22.6. The molecular weight excluding hydrogens is 184 g/mol. The van der Waals surface area contributed by atoms with Crippen LogP contribution in [0.5, 0.6) is 0 Å². The molecule has 0 atom stereocenters. The number of aliphatic hydroxyl groups is 1. The Labute approximate surface area is 77.5 Å². The van der Waals surface area contributed by atoms with E-state index >= 15 is 0 Å². The van der Waals surface area contributed by atoms with Gasteiger partial charge < -0.3 is 28.0 Å². The summed E-state index contributed by atoms with van der Waals surface area (Å²) in [5, 5.41) is 19.7. The van der Waals surface area contributed by atoms with Crippen LogP contribution in [0.3, 0.4) is 0 Å². The molecule has 0 saturated carbocycles. The summed E-state index contributed by atoms with van der Waals surface area (Å²) in [6, 6.07) is 0. The van der Waals surface area contributed by atoms with Crippen molar-refractivity contribution in [3.8, 4) is 0 Å². The van der Waals surface area contributed by atoms with E-state index < -0.39 is 0 Å². The highest BCUT2D eigenvalue weighted by atomic mass is 35.5. The van der Waals surface area contributed by atoms with Gasteiger partial charge >= 0.3 is 0 Å². The fourth-order valence-corrected chi connectivity index (χ4v) is 0. The van der Waals surface area contributed by atoms with E-state index in [2.05, 4.69) is 22.9 Å². The molecule has 0 radical (unpaired) electrons. The number of rotatable bonds is 0. The topological polar surface area (TPSA) is 172 Å². The first-order valence-corrected chi connectivity index (χ1v) is 2.68. The summed E-state index contributed by atoms with van der Waals surface area (Å²) in [4.78, 5) is 0. The maximum absolute atomic E-state index is 7.57. The largest absolute Gasteiger partial charge is 0.397 e. The Morgan fingerprint density at radius 2 is 1.08 bits per heavy atom. The van der Waals surface area contributed by atoms with E-state index in [1.54, 1.807) is 6.92 Å². The number of aliphatic hydroxyl groups excluding tert-OH is 1. The maximum atomic E-state index is 7.57.